The fraction of sp³-hybridized carbons (Fsp3) is 0.125. The number of hydrogen-bond donors (Lipinski definition) is 0. The van der Waals surface area contributed by atoms with Crippen molar-refractivity contribution >= 4 is 28.8 Å². The van der Waals surface area contributed by atoms with Gasteiger partial charge >= 0.3 is 11.9 Å². The first-order chi connectivity index (χ1) is 10.7. The Bertz CT molecular complexity index is 844. The van der Waals surface area contributed by atoms with Gasteiger partial charge in [-0.1, -0.05) is 35.5 Å². The van der Waals surface area contributed by atoms with Crippen LogP contribution in [-0.4, -0.2) is 18.5 Å². The molecule has 0 fully saturated rings. The fourth-order valence-corrected chi connectivity index (χ4v) is 2.50. The molecule has 0 bridgehead atoms. The van der Waals surface area contributed by atoms with Crippen LogP contribution in [0.25, 0.3) is 27.3 Å². The highest BCUT2D eigenvalue weighted by Gasteiger charge is 2.27. The predicted octanol–water partition coefficient (Wildman–Crippen LogP) is 3.86. The molecule has 6 heteroatoms. The van der Waals surface area contributed by atoms with E-state index in [2.05, 4.69) is 10.0 Å². The molecule has 0 N–H and O–H groups in total. The number of esters is 2. The molecule has 0 saturated heterocycles. The summed E-state index contributed by atoms with van der Waals surface area (Å²) in [5.41, 5.74) is 9.92. The molecule has 1 aliphatic heterocycles. The third-order valence-electron chi connectivity index (χ3n) is 3.46. The zero-order valence-corrected chi connectivity index (χ0v) is 11.5. The number of nitrogens with zero attached hydrogens (tertiary/aromatic N) is 3. The topological polar surface area (TPSA) is 92.1 Å². The minimum Gasteiger partial charge on any atom is -0.386 e. The molecule has 0 atom stereocenters. The molecule has 3 rings (SSSR count). The van der Waals surface area contributed by atoms with Gasteiger partial charge in [-0.15, -0.1) is 0 Å². The normalized spacial score (nSPS) is 13.3. The molecule has 0 saturated carbocycles. The zero-order chi connectivity index (χ0) is 15.5. The Morgan fingerprint density at radius 1 is 1.14 bits per heavy atom. The van der Waals surface area contributed by atoms with Gasteiger partial charge in [0.05, 0.1) is 11.1 Å². The van der Waals surface area contributed by atoms with Gasteiger partial charge in [-0.05, 0) is 35.0 Å². The molecule has 2 aromatic rings. The number of carbonyl (C=O) groups excluding carboxylic acids is 2. The summed E-state index contributed by atoms with van der Waals surface area (Å²) in [5.74, 6) is -1.24. The van der Waals surface area contributed by atoms with Gasteiger partial charge in [0.2, 0.25) is 0 Å². The smallest absolute Gasteiger partial charge is 0.346 e. The number of rotatable bonds is 4. The van der Waals surface area contributed by atoms with E-state index in [9.17, 15) is 9.59 Å². The largest absolute Gasteiger partial charge is 0.386 e. The number of cyclic esters (lactones) is 2. The first-order valence-electron chi connectivity index (χ1n) is 6.72. The van der Waals surface area contributed by atoms with E-state index < -0.39 is 11.9 Å². The summed E-state index contributed by atoms with van der Waals surface area (Å²) in [6.07, 6.45) is 4.40. The van der Waals surface area contributed by atoms with Crippen molar-refractivity contribution in [3.8, 4) is 0 Å². The fourth-order valence-electron chi connectivity index (χ4n) is 2.50. The van der Waals surface area contributed by atoms with E-state index in [-0.39, 0.29) is 0 Å². The lowest BCUT2D eigenvalue weighted by Crippen LogP contribution is -2.19. The predicted molar refractivity (Wildman–Crippen MR) is 81.4 cm³/mol. The summed E-state index contributed by atoms with van der Waals surface area (Å²) in [4.78, 5) is 26.3. The molecule has 0 spiro atoms. The van der Waals surface area contributed by atoms with E-state index in [4.69, 9.17) is 10.3 Å². The van der Waals surface area contributed by atoms with Crippen LogP contribution in [0.4, 0.5) is 0 Å². The van der Waals surface area contributed by atoms with Crippen molar-refractivity contribution in [3.63, 3.8) is 0 Å². The number of benzene rings is 2. The maximum atomic E-state index is 11.8. The Morgan fingerprint density at radius 2 is 1.91 bits per heavy atom. The van der Waals surface area contributed by atoms with Gasteiger partial charge in [0, 0.05) is 16.8 Å². The van der Waals surface area contributed by atoms with Crippen LogP contribution in [0.5, 0.6) is 0 Å². The second-order valence-electron chi connectivity index (χ2n) is 4.75. The highest BCUT2D eigenvalue weighted by molar-refractivity contribution is 6.21. The van der Waals surface area contributed by atoms with Crippen molar-refractivity contribution in [2.24, 2.45) is 5.11 Å². The first kappa shape index (κ1) is 13.9. The minimum atomic E-state index is -0.618. The Balaban J connectivity index is 2.08. The summed E-state index contributed by atoms with van der Waals surface area (Å²) in [6, 6.07) is 8.74. The average molecular weight is 293 g/mol. The van der Waals surface area contributed by atoms with Gasteiger partial charge in [0.15, 0.2) is 0 Å². The summed E-state index contributed by atoms with van der Waals surface area (Å²) >= 11 is 0. The highest BCUT2D eigenvalue weighted by atomic mass is 16.6. The summed E-state index contributed by atoms with van der Waals surface area (Å²) in [6.45, 7) is 0.388. The SMILES string of the molecule is [N-]=[N+]=NCCC=Cc1ccc2c3c(cccc13)C(=O)OC2=O. The van der Waals surface area contributed by atoms with Crippen molar-refractivity contribution < 1.29 is 14.3 Å². The second-order valence-corrected chi connectivity index (χ2v) is 4.75. The van der Waals surface area contributed by atoms with E-state index >= 15 is 0 Å². The molecule has 1 heterocycles. The molecule has 0 unspecified atom stereocenters. The molecule has 1 aliphatic rings. The average Bonchev–Trinajstić information content (AvgIpc) is 2.53. The minimum absolute atomic E-state index is 0.388. The van der Waals surface area contributed by atoms with E-state index in [1.165, 1.54) is 0 Å². The summed E-state index contributed by atoms with van der Waals surface area (Å²) in [5, 5.41) is 4.90. The lowest BCUT2D eigenvalue weighted by Gasteiger charge is -2.16. The zero-order valence-electron chi connectivity index (χ0n) is 11.5. The molecular weight excluding hydrogens is 282 g/mol. The Kier molecular flexibility index (Phi) is 3.60. The van der Waals surface area contributed by atoms with Gasteiger partial charge in [-0.3, -0.25) is 0 Å². The number of hydrogen-bond acceptors (Lipinski definition) is 4. The van der Waals surface area contributed by atoms with E-state index in [1.807, 2.05) is 24.3 Å². The molecule has 0 aromatic heterocycles. The van der Waals surface area contributed by atoms with Crippen LogP contribution in [0, 0.1) is 0 Å². The molecule has 0 amide bonds. The second kappa shape index (κ2) is 5.71. The van der Waals surface area contributed by atoms with Crippen molar-refractivity contribution in [1.29, 1.82) is 0 Å². The molecule has 22 heavy (non-hydrogen) atoms. The lowest BCUT2D eigenvalue weighted by molar-refractivity contribution is 0.0391. The monoisotopic (exact) mass is 293 g/mol. The Hall–Kier alpha value is -3.11. The van der Waals surface area contributed by atoms with E-state index in [1.54, 1.807) is 18.2 Å². The van der Waals surface area contributed by atoms with Crippen LogP contribution in [0.2, 0.25) is 0 Å². The maximum absolute atomic E-state index is 11.8. The van der Waals surface area contributed by atoms with Crippen molar-refractivity contribution in [2.45, 2.75) is 6.42 Å². The van der Waals surface area contributed by atoms with Gasteiger partial charge in [-0.25, -0.2) is 9.59 Å². The van der Waals surface area contributed by atoms with Gasteiger partial charge in [-0.2, -0.15) is 0 Å². The molecular formula is C16H11N3O3. The van der Waals surface area contributed by atoms with Gasteiger partial charge < -0.3 is 4.74 Å². The molecule has 2 aromatic carbocycles. The van der Waals surface area contributed by atoms with Crippen LogP contribution in [0.3, 0.4) is 0 Å². The van der Waals surface area contributed by atoms with Crippen LogP contribution in [-0.2, 0) is 4.74 Å². The van der Waals surface area contributed by atoms with Gasteiger partial charge in [0.25, 0.3) is 0 Å². The number of carbonyl (C=O) groups is 2. The molecule has 0 radical (unpaired) electrons. The van der Waals surface area contributed by atoms with Gasteiger partial charge in [0.1, 0.15) is 0 Å². The third-order valence-corrected chi connectivity index (χ3v) is 3.46. The number of azide groups is 1. The quantitative estimate of drug-likeness (QED) is 0.214. The van der Waals surface area contributed by atoms with E-state index in [0.717, 1.165) is 10.9 Å². The maximum Gasteiger partial charge on any atom is 0.346 e. The summed E-state index contributed by atoms with van der Waals surface area (Å²) in [7, 11) is 0. The van der Waals surface area contributed by atoms with Crippen molar-refractivity contribution in [2.75, 3.05) is 6.54 Å². The molecule has 108 valence electrons. The van der Waals surface area contributed by atoms with Crippen LogP contribution in [0.1, 0.15) is 32.7 Å². The Labute approximate surface area is 125 Å². The lowest BCUT2D eigenvalue weighted by atomic mass is 9.93. The summed E-state index contributed by atoms with van der Waals surface area (Å²) < 4.78 is 4.73. The van der Waals surface area contributed by atoms with Crippen molar-refractivity contribution in [1.82, 2.24) is 0 Å². The van der Waals surface area contributed by atoms with E-state index in [0.29, 0.717) is 29.5 Å². The third kappa shape index (κ3) is 2.32. The molecule has 6 nitrogen and oxygen atoms in total. The highest BCUT2D eigenvalue weighted by Crippen LogP contribution is 2.31. The first-order valence-corrected chi connectivity index (χ1v) is 6.72. The molecule has 0 aliphatic carbocycles. The van der Waals surface area contributed by atoms with Crippen LogP contribution >= 0.6 is 0 Å². The Morgan fingerprint density at radius 3 is 2.68 bits per heavy atom. The van der Waals surface area contributed by atoms with Crippen molar-refractivity contribution in [3.05, 3.63) is 63.5 Å². The van der Waals surface area contributed by atoms with Crippen LogP contribution in [0.15, 0.2) is 41.5 Å². The van der Waals surface area contributed by atoms with Crippen LogP contribution < -0.4 is 0 Å². The standard InChI is InChI=1S/C16H11N3O3/c17-19-18-9-2-1-4-10-7-8-13-14-11(10)5-3-6-12(14)15(20)22-16(13)21/h1,3-8H,2,9H2. The number of ether oxygens (including phenoxy) is 1.